The summed E-state index contributed by atoms with van der Waals surface area (Å²) in [7, 11) is 0. The average Bonchev–Trinajstić information content (AvgIpc) is 2.78. The molecule has 0 bridgehead atoms. The second-order valence-electron chi connectivity index (χ2n) is 8.41. The fraction of sp³-hybridized carbons (Fsp3) is 0.520. The first-order valence-corrected chi connectivity index (χ1v) is 11.1. The van der Waals surface area contributed by atoms with Crippen molar-refractivity contribution in [2.45, 2.75) is 57.1 Å². The molecule has 0 aliphatic carbocycles. The molecule has 1 aliphatic rings. The smallest absolute Gasteiger partial charge is 0.109 e. The molecule has 1 fully saturated rings. The quantitative estimate of drug-likeness (QED) is 0.432. The van der Waals surface area contributed by atoms with E-state index in [0.717, 1.165) is 19.3 Å². The van der Waals surface area contributed by atoms with Crippen LogP contribution in [0.5, 0.6) is 0 Å². The molecule has 6 nitrogen and oxygen atoms in total. The number of β-amino-alcohol motifs (C(OH)–C–C–N with tert-alkyl or cyclic N) is 1. The molecule has 4 N–H and O–H groups in total. The normalized spacial score (nSPS) is 24.4. The summed E-state index contributed by atoms with van der Waals surface area (Å²) < 4.78 is 5.86. The lowest BCUT2D eigenvalue weighted by Crippen LogP contribution is -2.62. The van der Waals surface area contributed by atoms with Crippen molar-refractivity contribution in [3.8, 4) is 11.1 Å². The van der Waals surface area contributed by atoms with Gasteiger partial charge in [0.15, 0.2) is 0 Å². The van der Waals surface area contributed by atoms with Crippen LogP contribution in [-0.4, -0.2) is 76.0 Å². The van der Waals surface area contributed by atoms with Gasteiger partial charge in [-0.3, -0.25) is 4.90 Å². The van der Waals surface area contributed by atoms with Gasteiger partial charge in [-0.15, -0.1) is 0 Å². The van der Waals surface area contributed by atoms with Gasteiger partial charge in [0.05, 0.1) is 25.4 Å². The highest BCUT2D eigenvalue weighted by molar-refractivity contribution is 5.64. The van der Waals surface area contributed by atoms with Gasteiger partial charge >= 0.3 is 0 Å². The van der Waals surface area contributed by atoms with Crippen LogP contribution in [0.15, 0.2) is 48.5 Å². The van der Waals surface area contributed by atoms with E-state index in [1.807, 2.05) is 23.1 Å². The Morgan fingerprint density at radius 3 is 2.42 bits per heavy atom. The topological polar surface area (TPSA) is 93.4 Å². The number of nitrogens with zero attached hydrogens (tertiary/aromatic N) is 1. The predicted molar refractivity (Wildman–Crippen MR) is 121 cm³/mol. The number of hydrogen-bond donors (Lipinski definition) is 4. The van der Waals surface area contributed by atoms with Gasteiger partial charge in [-0.2, -0.15) is 0 Å². The molecule has 0 radical (unpaired) electrons. The molecule has 1 aliphatic heterocycles. The third-order valence-electron chi connectivity index (χ3n) is 6.16. The van der Waals surface area contributed by atoms with Crippen molar-refractivity contribution >= 4 is 0 Å². The van der Waals surface area contributed by atoms with Crippen molar-refractivity contribution in [1.29, 1.82) is 0 Å². The van der Waals surface area contributed by atoms with Crippen LogP contribution in [0.3, 0.4) is 0 Å². The number of ether oxygens (including phenoxy) is 1. The number of aryl methyl sites for hydroxylation is 1. The van der Waals surface area contributed by atoms with E-state index < -0.39 is 24.4 Å². The van der Waals surface area contributed by atoms with Crippen molar-refractivity contribution in [2.75, 3.05) is 26.3 Å². The summed E-state index contributed by atoms with van der Waals surface area (Å²) in [6.07, 6.45) is -0.569. The van der Waals surface area contributed by atoms with Gasteiger partial charge in [0, 0.05) is 13.2 Å². The van der Waals surface area contributed by atoms with Crippen LogP contribution in [0.4, 0.5) is 0 Å². The first-order valence-electron chi connectivity index (χ1n) is 11.1. The highest BCUT2D eigenvalue weighted by Gasteiger charge is 2.40. The second kappa shape index (κ2) is 11.7. The van der Waals surface area contributed by atoms with Crippen molar-refractivity contribution < 1.29 is 25.2 Å². The maximum Gasteiger partial charge on any atom is 0.109 e. The minimum absolute atomic E-state index is 0.240. The number of benzene rings is 2. The summed E-state index contributed by atoms with van der Waals surface area (Å²) >= 11 is 0. The maximum absolute atomic E-state index is 10.0. The van der Waals surface area contributed by atoms with Crippen molar-refractivity contribution in [1.82, 2.24) is 4.90 Å². The molecule has 0 spiro atoms. The zero-order chi connectivity index (χ0) is 22.2. The predicted octanol–water partition coefficient (Wildman–Crippen LogP) is 2.11. The third kappa shape index (κ3) is 6.35. The highest BCUT2D eigenvalue weighted by atomic mass is 16.5. The molecule has 6 heteroatoms. The molecule has 0 unspecified atom stereocenters. The molecular formula is C25H35NO5. The molecule has 4 atom stereocenters. The Kier molecular flexibility index (Phi) is 9.02. The fourth-order valence-electron chi connectivity index (χ4n) is 4.18. The monoisotopic (exact) mass is 429 g/mol. The minimum Gasteiger partial charge on any atom is -0.395 e. The van der Waals surface area contributed by atoms with Crippen LogP contribution in [0.25, 0.3) is 11.1 Å². The number of unbranched alkanes of at least 4 members (excludes halogenated alkanes) is 2. The Morgan fingerprint density at radius 1 is 0.935 bits per heavy atom. The van der Waals surface area contributed by atoms with Crippen LogP contribution in [-0.2, 0) is 11.3 Å². The average molecular weight is 430 g/mol. The van der Waals surface area contributed by atoms with E-state index in [-0.39, 0.29) is 13.2 Å². The number of likely N-dealkylation sites (tertiary alicyclic amines) is 1. The molecule has 3 rings (SSSR count). The van der Waals surface area contributed by atoms with Crippen molar-refractivity contribution in [3.05, 3.63) is 59.7 Å². The molecule has 1 heterocycles. The summed E-state index contributed by atoms with van der Waals surface area (Å²) in [6.45, 7) is 4.06. The third-order valence-corrected chi connectivity index (χ3v) is 6.16. The molecule has 31 heavy (non-hydrogen) atoms. The van der Waals surface area contributed by atoms with E-state index in [2.05, 4.69) is 37.3 Å². The molecule has 0 amide bonds. The Labute approximate surface area is 184 Å². The lowest BCUT2D eigenvalue weighted by atomic mass is 9.94. The van der Waals surface area contributed by atoms with Gasteiger partial charge in [0.2, 0.25) is 0 Å². The first kappa shape index (κ1) is 23.9. The Bertz CT molecular complexity index is 800. The minimum atomic E-state index is -1.20. The van der Waals surface area contributed by atoms with E-state index in [0.29, 0.717) is 19.8 Å². The van der Waals surface area contributed by atoms with E-state index in [4.69, 9.17) is 4.74 Å². The number of hydrogen-bond acceptors (Lipinski definition) is 6. The van der Waals surface area contributed by atoms with Gasteiger partial charge in [-0.1, -0.05) is 48.5 Å². The number of aliphatic hydroxyl groups excluding tert-OH is 4. The van der Waals surface area contributed by atoms with Gasteiger partial charge in [0.25, 0.3) is 0 Å². The van der Waals surface area contributed by atoms with E-state index in [9.17, 15) is 20.4 Å². The number of piperidine rings is 1. The number of rotatable bonds is 10. The largest absolute Gasteiger partial charge is 0.395 e. The van der Waals surface area contributed by atoms with E-state index in [1.54, 1.807) is 0 Å². The van der Waals surface area contributed by atoms with Crippen LogP contribution in [0.1, 0.15) is 30.4 Å². The molecule has 2 aromatic carbocycles. The van der Waals surface area contributed by atoms with Gasteiger partial charge < -0.3 is 25.2 Å². The summed E-state index contributed by atoms with van der Waals surface area (Å²) in [6, 6.07) is 16.3. The molecule has 0 aromatic heterocycles. The highest BCUT2D eigenvalue weighted by Crippen LogP contribution is 2.23. The molecule has 1 saturated heterocycles. The zero-order valence-corrected chi connectivity index (χ0v) is 18.2. The Morgan fingerprint density at radius 2 is 1.71 bits per heavy atom. The Balaban J connectivity index is 1.35. The van der Waals surface area contributed by atoms with Gasteiger partial charge in [0.1, 0.15) is 12.2 Å². The number of aliphatic hydroxyl groups is 4. The van der Waals surface area contributed by atoms with E-state index >= 15 is 0 Å². The van der Waals surface area contributed by atoms with E-state index in [1.165, 1.54) is 22.3 Å². The summed E-state index contributed by atoms with van der Waals surface area (Å²) in [5, 5.41) is 39.2. The summed E-state index contributed by atoms with van der Waals surface area (Å²) in [5.41, 5.74) is 4.84. The van der Waals surface area contributed by atoms with Gasteiger partial charge in [-0.25, -0.2) is 0 Å². The van der Waals surface area contributed by atoms with Crippen molar-refractivity contribution in [3.63, 3.8) is 0 Å². The van der Waals surface area contributed by atoms with Crippen LogP contribution in [0, 0.1) is 6.92 Å². The lowest BCUT2D eigenvalue weighted by Gasteiger charge is -2.43. The molecular weight excluding hydrogens is 394 g/mol. The second-order valence-corrected chi connectivity index (χ2v) is 8.41. The molecule has 0 saturated carbocycles. The Hall–Kier alpha value is -1.80. The summed E-state index contributed by atoms with van der Waals surface area (Å²) in [5.74, 6) is 0. The van der Waals surface area contributed by atoms with Crippen LogP contribution >= 0.6 is 0 Å². The van der Waals surface area contributed by atoms with Crippen LogP contribution in [0.2, 0.25) is 0 Å². The maximum atomic E-state index is 10.0. The molecule has 170 valence electrons. The lowest BCUT2D eigenvalue weighted by molar-refractivity contribution is -0.145. The van der Waals surface area contributed by atoms with Crippen molar-refractivity contribution in [2.24, 2.45) is 0 Å². The van der Waals surface area contributed by atoms with Crippen LogP contribution < -0.4 is 0 Å². The van der Waals surface area contributed by atoms with Gasteiger partial charge in [-0.05, 0) is 55.0 Å². The summed E-state index contributed by atoms with van der Waals surface area (Å²) in [4.78, 5) is 1.86. The first-order chi connectivity index (χ1) is 15.0. The zero-order valence-electron chi connectivity index (χ0n) is 18.2. The SMILES string of the molecule is Cc1cc(-c2ccccc2)ccc1COCCCCCN1C[C@H](O)[C@@H](O)[C@@H](O)[C@H]1CO. The fourth-order valence-corrected chi connectivity index (χ4v) is 4.18. The molecule has 2 aromatic rings. The standard InChI is InChI=1S/C25H35NO5/c1-18-14-20(19-8-4-2-5-9-19)10-11-21(18)17-31-13-7-3-6-12-26-15-23(28)25(30)24(29)22(26)16-27/h2,4-5,8-11,14,22-25,27-30H,3,6-7,12-13,15-17H2,1H3/t22-,23+,24+,25-/m1/s1.